The first-order chi connectivity index (χ1) is 8.24. The second-order valence-electron chi connectivity index (χ2n) is 3.84. The first-order valence-corrected chi connectivity index (χ1v) is 5.24. The van der Waals surface area contributed by atoms with Crippen LogP contribution in [0.1, 0.15) is 17.4 Å². The number of benzene rings is 1. The van der Waals surface area contributed by atoms with E-state index in [0.29, 0.717) is 12.1 Å². The molecule has 1 aliphatic heterocycles. The summed E-state index contributed by atoms with van der Waals surface area (Å²) in [5.41, 5.74) is 1.54. The van der Waals surface area contributed by atoms with Crippen LogP contribution in [-0.2, 0) is 6.42 Å². The highest BCUT2D eigenvalue weighted by molar-refractivity contribution is 5.43. The average Bonchev–Trinajstić information content (AvgIpc) is 2.74. The van der Waals surface area contributed by atoms with Crippen LogP contribution in [0.5, 0.6) is 17.6 Å². The maximum Gasteiger partial charge on any atom is 0.317 e. The Morgan fingerprint density at radius 3 is 2.65 bits per heavy atom. The third kappa shape index (κ3) is 1.65. The molecule has 1 atom stereocenters. The summed E-state index contributed by atoms with van der Waals surface area (Å²) < 4.78 is 5.59. The summed E-state index contributed by atoms with van der Waals surface area (Å²) in [5, 5.41) is 18.7. The summed E-state index contributed by atoms with van der Waals surface area (Å²) in [5.74, 6) is -0.0532. The minimum Gasteiger partial charge on any atom is -0.490 e. The molecule has 2 aromatic rings. The molecule has 5 heteroatoms. The van der Waals surface area contributed by atoms with Crippen molar-refractivity contribution in [2.24, 2.45) is 0 Å². The minimum atomic E-state index is -0.432. The van der Waals surface area contributed by atoms with Gasteiger partial charge in [-0.1, -0.05) is 30.3 Å². The summed E-state index contributed by atoms with van der Waals surface area (Å²) in [6.45, 7) is 0. The summed E-state index contributed by atoms with van der Waals surface area (Å²) in [6, 6.07) is 9.23. The van der Waals surface area contributed by atoms with Crippen molar-refractivity contribution in [1.82, 2.24) is 9.97 Å². The highest BCUT2D eigenvalue weighted by Crippen LogP contribution is 2.40. The molecular weight excluding hydrogens is 220 g/mol. The molecule has 0 aliphatic carbocycles. The molecule has 0 saturated heterocycles. The zero-order chi connectivity index (χ0) is 11.8. The van der Waals surface area contributed by atoms with Crippen molar-refractivity contribution in [3.8, 4) is 17.6 Å². The van der Waals surface area contributed by atoms with Gasteiger partial charge in [0.2, 0.25) is 5.75 Å². The Morgan fingerprint density at radius 1 is 1.12 bits per heavy atom. The van der Waals surface area contributed by atoms with Crippen LogP contribution in [0.4, 0.5) is 0 Å². The lowest BCUT2D eigenvalue weighted by atomic mass is 10.1. The molecule has 1 unspecified atom stereocenters. The summed E-state index contributed by atoms with van der Waals surface area (Å²) in [4.78, 5) is 7.30. The maximum atomic E-state index is 9.54. The fraction of sp³-hybridized carbons (Fsp3) is 0.167. The molecule has 0 fully saturated rings. The van der Waals surface area contributed by atoms with Crippen LogP contribution < -0.4 is 4.74 Å². The third-order valence-electron chi connectivity index (χ3n) is 2.72. The van der Waals surface area contributed by atoms with Gasteiger partial charge in [0.15, 0.2) is 0 Å². The number of aromatic nitrogens is 2. The van der Waals surface area contributed by atoms with Gasteiger partial charge in [-0.15, -0.1) is 0 Å². The predicted molar refractivity (Wildman–Crippen MR) is 58.9 cm³/mol. The van der Waals surface area contributed by atoms with Crippen molar-refractivity contribution in [2.75, 3.05) is 0 Å². The van der Waals surface area contributed by atoms with E-state index in [2.05, 4.69) is 9.97 Å². The second-order valence-corrected chi connectivity index (χ2v) is 3.84. The van der Waals surface area contributed by atoms with Gasteiger partial charge in [0.05, 0.1) is 5.69 Å². The lowest BCUT2D eigenvalue weighted by molar-refractivity contribution is 0.227. The molecule has 3 rings (SSSR count). The van der Waals surface area contributed by atoms with Crippen LogP contribution in [0, 0.1) is 0 Å². The Bertz CT molecular complexity index is 557. The van der Waals surface area contributed by atoms with Crippen LogP contribution in [0.2, 0.25) is 0 Å². The third-order valence-corrected chi connectivity index (χ3v) is 2.72. The predicted octanol–water partition coefficient (Wildman–Crippen LogP) is 1.56. The van der Waals surface area contributed by atoms with Gasteiger partial charge in [0, 0.05) is 6.42 Å². The normalized spacial score (nSPS) is 17.5. The lowest BCUT2D eigenvalue weighted by Crippen LogP contribution is -2.02. The fourth-order valence-electron chi connectivity index (χ4n) is 1.94. The maximum absolute atomic E-state index is 9.54. The number of hydrogen-bond acceptors (Lipinski definition) is 5. The van der Waals surface area contributed by atoms with E-state index in [-0.39, 0.29) is 17.7 Å². The molecule has 17 heavy (non-hydrogen) atoms. The van der Waals surface area contributed by atoms with Gasteiger partial charge in [0.1, 0.15) is 6.10 Å². The first kappa shape index (κ1) is 9.89. The van der Waals surface area contributed by atoms with Gasteiger partial charge in [-0.05, 0) is 5.56 Å². The van der Waals surface area contributed by atoms with Crippen molar-refractivity contribution in [3.63, 3.8) is 0 Å². The molecule has 0 spiro atoms. The minimum absolute atomic E-state index is 0.187. The second kappa shape index (κ2) is 3.62. The zero-order valence-corrected chi connectivity index (χ0v) is 8.87. The Balaban J connectivity index is 1.96. The largest absolute Gasteiger partial charge is 0.490 e. The van der Waals surface area contributed by atoms with Crippen molar-refractivity contribution in [2.45, 2.75) is 12.5 Å². The van der Waals surface area contributed by atoms with Crippen molar-refractivity contribution < 1.29 is 14.9 Å². The van der Waals surface area contributed by atoms with E-state index in [4.69, 9.17) is 4.74 Å². The molecule has 2 heterocycles. The molecule has 5 nitrogen and oxygen atoms in total. The van der Waals surface area contributed by atoms with Crippen molar-refractivity contribution in [3.05, 3.63) is 41.6 Å². The SMILES string of the molecule is Oc1nc(O)c2c(n1)CC(c1ccccc1)O2. The fourth-order valence-corrected chi connectivity index (χ4v) is 1.94. The number of nitrogens with zero attached hydrogens (tertiary/aromatic N) is 2. The molecule has 1 aromatic heterocycles. The molecule has 0 amide bonds. The van der Waals surface area contributed by atoms with Crippen LogP contribution in [0.15, 0.2) is 30.3 Å². The highest BCUT2D eigenvalue weighted by atomic mass is 16.5. The van der Waals surface area contributed by atoms with Crippen molar-refractivity contribution >= 4 is 0 Å². The molecule has 0 radical (unpaired) electrons. The van der Waals surface area contributed by atoms with Crippen LogP contribution in [0.25, 0.3) is 0 Å². The van der Waals surface area contributed by atoms with E-state index in [0.717, 1.165) is 5.56 Å². The van der Waals surface area contributed by atoms with Gasteiger partial charge in [-0.25, -0.2) is 0 Å². The zero-order valence-electron chi connectivity index (χ0n) is 8.87. The number of fused-ring (bicyclic) bond motifs is 1. The molecule has 0 bridgehead atoms. The molecule has 1 aliphatic rings. The van der Waals surface area contributed by atoms with Crippen LogP contribution >= 0.6 is 0 Å². The molecular formula is C12H10N2O3. The molecule has 2 N–H and O–H groups in total. The van der Waals surface area contributed by atoms with E-state index in [1.807, 2.05) is 30.3 Å². The van der Waals surface area contributed by atoms with Crippen molar-refractivity contribution in [1.29, 1.82) is 0 Å². The molecule has 86 valence electrons. The monoisotopic (exact) mass is 230 g/mol. The number of aromatic hydroxyl groups is 2. The Morgan fingerprint density at radius 2 is 1.88 bits per heavy atom. The highest BCUT2D eigenvalue weighted by Gasteiger charge is 2.29. The first-order valence-electron chi connectivity index (χ1n) is 5.24. The number of hydrogen-bond donors (Lipinski definition) is 2. The summed E-state index contributed by atoms with van der Waals surface area (Å²) in [6.07, 6.45) is 0.330. The van der Waals surface area contributed by atoms with Gasteiger partial charge >= 0.3 is 6.01 Å². The topological polar surface area (TPSA) is 75.5 Å². The number of ether oxygens (including phenoxy) is 1. The van der Waals surface area contributed by atoms with E-state index in [1.54, 1.807) is 0 Å². The Labute approximate surface area is 97.4 Å². The van der Waals surface area contributed by atoms with Crippen LogP contribution in [0.3, 0.4) is 0 Å². The molecule has 0 saturated carbocycles. The Hall–Kier alpha value is -2.30. The van der Waals surface area contributed by atoms with Gasteiger partial charge in [-0.3, -0.25) is 0 Å². The van der Waals surface area contributed by atoms with E-state index in [9.17, 15) is 10.2 Å². The summed E-state index contributed by atoms with van der Waals surface area (Å²) in [7, 11) is 0. The smallest absolute Gasteiger partial charge is 0.317 e. The quantitative estimate of drug-likeness (QED) is 0.777. The van der Waals surface area contributed by atoms with E-state index >= 15 is 0 Å². The van der Waals surface area contributed by atoms with Crippen LogP contribution in [-0.4, -0.2) is 20.2 Å². The van der Waals surface area contributed by atoms with E-state index < -0.39 is 6.01 Å². The summed E-state index contributed by atoms with van der Waals surface area (Å²) >= 11 is 0. The van der Waals surface area contributed by atoms with Gasteiger partial charge < -0.3 is 14.9 Å². The van der Waals surface area contributed by atoms with Gasteiger partial charge in [0.25, 0.3) is 5.88 Å². The molecule has 1 aromatic carbocycles. The van der Waals surface area contributed by atoms with E-state index in [1.165, 1.54) is 0 Å². The average molecular weight is 230 g/mol. The standard InChI is InChI=1S/C12H10N2O3/c15-11-10-8(13-12(16)14-11)6-9(17-10)7-4-2-1-3-5-7/h1-5,9H,6H2,(H2,13,14,15,16). The van der Waals surface area contributed by atoms with Gasteiger partial charge in [-0.2, -0.15) is 9.97 Å². The Kier molecular flexibility index (Phi) is 2.11. The number of rotatable bonds is 1. The lowest BCUT2D eigenvalue weighted by Gasteiger charge is -2.10.